The minimum Gasteiger partial charge on any atom is -0.387 e. The Morgan fingerprint density at radius 1 is 1.62 bits per heavy atom. The van der Waals surface area contributed by atoms with Crippen molar-refractivity contribution in [3.05, 3.63) is 30.1 Å². The molecule has 1 aromatic heterocycles. The number of aromatic nitrogens is 1. The zero-order chi connectivity index (χ0) is 9.90. The second kappa shape index (κ2) is 3.85. The molecule has 0 fully saturated rings. The van der Waals surface area contributed by atoms with E-state index in [1.54, 1.807) is 31.5 Å². The van der Waals surface area contributed by atoms with Crippen molar-refractivity contribution >= 4 is 0 Å². The van der Waals surface area contributed by atoms with Gasteiger partial charge in [0.05, 0.1) is 5.60 Å². The van der Waals surface area contributed by atoms with Crippen LogP contribution in [-0.4, -0.2) is 20.8 Å². The number of hydrogen-bond acceptors (Lipinski definition) is 3. The zero-order valence-corrected chi connectivity index (χ0v) is 7.94. The van der Waals surface area contributed by atoms with Gasteiger partial charge in [0.25, 0.3) is 0 Å². The van der Waals surface area contributed by atoms with Gasteiger partial charge in [-0.15, -0.1) is 0 Å². The first-order valence-corrected chi connectivity index (χ1v) is 4.38. The fourth-order valence-electron chi connectivity index (χ4n) is 1.09. The smallest absolute Gasteiger partial charge is 0.109 e. The van der Waals surface area contributed by atoms with Crippen LogP contribution in [0, 0.1) is 0 Å². The van der Waals surface area contributed by atoms with Gasteiger partial charge in [0, 0.05) is 18.0 Å². The molecule has 1 rings (SSSR count). The van der Waals surface area contributed by atoms with Gasteiger partial charge in [-0.05, 0) is 19.4 Å². The van der Waals surface area contributed by atoms with E-state index in [2.05, 4.69) is 4.98 Å². The molecule has 0 aliphatic rings. The van der Waals surface area contributed by atoms with Crippen molar-refractivity contribution in [2.45, 2.75) is 32.0 Å². The number of pyridine rings is 1. The van der Waals surface area contributed by atoms with Crippen LogP contribution in [0.25, 0.3) is 0 Å². The summed E-state index contributed by atoms with van der Waals surface area (Å²) in [5.41, 5.74) is -0.433. The maximum absolute atomic E-state index is 9.77. The van der Waals surface area contributed by atoms with Crippen LogP contribution in [0.3, 0.4) is 0 Å². The van der Waals surface area contributed by atoms with Gasteiger partial charge >= 0.3 is 0 Å². The lowest BCUT2D eigenvalue weighted by molar-refractivity contribution is -0.0660. The summed E-state index contributed by atoms with van der Waals surface area (Å²) in [6, 6.07) is 3.49. The Labute approximate surface area is 78.1 Å². The molecule has 0 aromatic carbocycles. The molecule has 0 saturated heterocycles. The highest BCUT2D eigenvalue weighted by molar-refractivity contribution is 5.15. The first kappa shape index (κ1) is 10.2. The molecule has 2 N–H and O–H groups in total. The molecule has 0 aliphatic carbocycles. The Hall–Kier alpha value is -0.930. The first-order chi connectivity index (χ1) is 6.08. The van der Waals surface area contributed by atoms with Gasteiger partial charge in [0.15, 0.2) is 0 Å². The highest BCUT2D eigenvalue weighted by atomic mass is 16.3. The summed E-state index contributed by atoms with van der Waals surface area (Å²) >= 11 is 0. The van der Waals surface area contributed by atoms with E-state index in [0.717, 1.165) is 0 Å². The number of aliphatic hydroxyl groups is 2. The molecule has 1 aromatic rings. The van der Waals surface area contributed by atoms with Crippen LogP contribution >= 0.6 is 0 Å². The lowest BCUT2D eigenvalue weighted by Crippen LogP contribution is -2.31. The highest BCUT2D eigenvalue weighted by Gasteiger charge is 2.29. The summed E-state index contributed by atoms with van der Waals surface area (Å²) < 4.78 is 0. The van der Waals surface area contributed by atoms with Crippen molar-refractivity contribution in [1.82, 2.24) is 4.98 Å². The molecule has 0 radical (unpaired) electrons. The van der Waals surface area contributed by atoms with Crippen molar-refractivity contribution in [3.8, 4) is 0 Å². The van der Waals surface area contributed by atoms with E-state index >= 15 is 0 Å². The number of nitrogens with zero attached hydrogens (tertiary/aromatic N) is 1. The topological polar surface area (TPSA) is 53.4 Å². The molecule has 2 atom stereocenters. The fraction of sp³-hybridized carbons (Fsp3) is 0.500. The number of rotatable bonds is 3. The summed E-state index contributed by atoms with van der Waals surface area (Å²) in [5, 5.41) is 19.5. The van der Waals surface area contributed by atoms with Gasteiger partial charge in [-0.2, -0.15) is 0 Å². The Kier molecular flexibility index (Phi) is 3.01. The Morgan fingerprint density at radius 3 is 2.77 bits per heavy atom. The second-order valence-corrected chi connectivity index (χ2v) is 3.40. The first-order valence-electron chi connectivity index (χ1n) is 4.38. The molecule has 0 amide bonds. The lowest BCUT2D eigenvalue weighted by Gasteiger charge is -2.27. The standard InChI is InChI=1S/C10H15NO2/c1-3-10(2,13)9(12)8-5-4-6-11-7-8/h4-7,9,12-13H,3H2,1-2H3. The van der Waals surface area contributed by atoms with Crippen molar-refractivity contribution in [3.63, 3.8) is 0 Å². The minimum atomic E-state index is -1.08. The van der Waals surface area contributed by atoms with Crippen molar-refractivity contribution in [2.24, 2.45) is 0 Å². The maximum Gasteiger partial charge on any atom is 0.109 e. The van der Waals surface area contributed by atoms with E-state index in [9.17, 15) is 10.2 Å². The van der Waals surface area contributed by atoms with Crippen LogP contribution in [0.2, 0.25) is 0 Å². The highest BCUT2D eigenvalue weighted by Crippen LogP contribution is 2.27. The van der Waals surface area contributed by atoms with Gasteiger partial charge in [-0.3, -0.25) is 4.98 Å². The van der Waals surface area contributed by atoms with E-state index in [4.69, 9.17) is 0 Å². The van der Waals surface area contributed by atoms with Crippen LogP contribution in [0.4, 0.5) is 0 Å². The average molecular weight is 181 g/mol. The molecule has 3 heteroatoms. The van der Waals surface area contributed by atoms with Gasteiger partial charge < -0.3 is 10.2 Å². The van der Waals surface area contributed by atoms with Gasteiger partial charge in [0.2, 0.25) is 0 Å². The van der Waals surface area contributed by atoms with Crippen LogP contribution in [0.5, 0.6) is 0 Å². The van der Waals surface area contributed by atoms with Crippen LogP contribution in [-0.2, 0) is 0 Å². The third-order valence-electron chi connectivity index (χ3n) is 2.31. The Bertz CT molecular complexity index is 259. The van der Waals surface area contributed by atoms with E-state index in [0.29, 0.717) is 12.0 Å². The second-order valence-electron chi connectivity index (χ2n) is 3.40. The summed E-state index contributed by atoms with van der Waals surface area (Å²) in [5.74, 6) is 0. The maximum atomic E-state index is 9.77. The normalized spacial score (nSPS) is 17.8. The molecule has 0 aliphatic heterocycles. The van der Waals surface area contributed by atoms with Crippen LogP contribution < -0.4 is 0 Å². The molecule has 1 heterocycles. The van der Waals surface area contributed by atoms with E-state index in [-0.39, 0.29) is 0 Å². The van der Waals surface area contributed by atoms with Crippen molar-refractivity contribution in [1.29, 1.82) is 0 Å². The quantitative estimate of drug-likeness (QED) is 0.738. The minimum absolute atomic E-state index is 0.503. The molecular weight excluding hydrogens is 166 g/mol. The molecule has 13 heavy (non-hydrogen) atoms. The summed E-state index contributed by atoms with van der Waals surface area (Å²) in [6.45, 7) is 3.45. The van der Waals surface area contributed by atoms with E-state index < -0.39 is 11.7 Å². The van der Waals surface area contributed by atoms with Gasteiger partial charge in [-0.25, -0.2) is 0 Å². The van der Waals surface area contributed by atoms with Gasteiger partial charge in [0.1, 0.15) is 6.10 Å². The summed E-state index contributed by atoms with van der Waals surface area (Å²) in [6.07, 6.45) is 2.83. The largest absolute Gasteiger partial charge is 0.387 e. The molecule has 72 valence electrons. The third-order valence-corrected chi connectivity index (χ3v) is 2.31. The number of hydrogen-bond donors (Lipinski definition) is 2. The zero-order valence-electron chi connectivity index (χ0n) is 7.94. The Balaban J connectivity index is 2.85. The van der Waals surface area contributed by atoms with Crippen LogP contribution in [0.15, 0.2) is 24.5 Å². The monoisotopic (exact) mass is 181 g/mol. The van der Waals surface area contributed by atoms with E-state index in [1.807, 2.05) is 6.92 Å². The Morgan fingerprint density at radius 2 is 2.31 bits per heavy atom. The predicted octanol–water partition coefficient (Wildman–Crippen LogP) is 1.28. The molecule has 0 spiro atoms. The SMILES string of the molecule is CCC(C)(O)C(O)c1cccnc1. The summed E-state index contributed by atoms with van der Waals surface area (Å²) in [7, 11) is 0. The molecular formula is C10H15NO2. The molecule has 3 nitrogen and oxygen atoms in total. The van der Waals surface area contributed by atoms with E-state index in [1.165, 1.54) is 0 Å². The molecule has 0 bridgehead atoms. The lowest BCUT2D eigenvalue weighted by atomic mass is 9.91. The molecule has 0 saturated carbocycles. The van der Waals surface area contributed by atoms with Gasteiger partial charge in [-0.1, -0.05) is 13.0 Å². The molecule has 2 unspecified atom stereocenters. The average Bonchev–Trinajstić information content (AvgIpc) is 2.18. The van der Waals surface area contributed by atoms with Crippen LogP contribution in [0.1, 0.15) is 31.9 Å². The summed E-state index contributed by atoms with van der Waals surface area (Å²) in [4.78, 5) is 3.88. The van der Waals surface area contributed by atoms with Crippen molar-refractivity contribution in [2.75, 3.05) is 0 Å². The predicted molar refractivity (Wildman–Crippen MR) is 50.1 cm³/mol. The fourth-order valence-corrected chi connectivity index (χ4v) is 1.09. The third kappa shape index (κ3) is 2.26. The number of aliphatic hydroxyl groups excluding tert-OH is 1. The van der Waals surface area contributed by atoms with Crippen molar-refractivity contribution < 1.29 is 10.2 Å².